The Morgan fingerprint density at radius 2 is 1.13 bits per heavy atom. The van der Waals surface area contributed by atoms with Crippen molar-refractivity contribution in [3.63, 3.8) is 0 Å². The molecular weight excluding hydrogens is 254 g/mol. The maximum absolute atomic E-state index is 8.95. The molecule has 0 aliphatic rings. The SMILES string of the molecule is Cc1c(C#N)c(C)c(C#N)c(Br)c1C#N. The molecular formula is C11H6BrN3. The molecule has 0 bridgehead atoms. The minimum Gasteiger partial charge on any atom is -0.192 e. The molecule has 0 saturated carbocycles. The van der Waals surface area contributed by atoms with Crippen molar-refractivity contribution in [2.75, 3.05) is 0 Å². The normalized spacial score (nSPS) is 8.80. The Labute approximate surface area is 96.3 Å². The highest BCUT2D eigenvalue weighted by atomic mass is 79.9. The number of benzene rings is 1. The molecule has 15 heavy (non-hydrogen) atoms. The van der Waals surface area contributed by atoms with E-state index in [9.17, 15) is 0 Å². The van der Waals surface area contributed by atoms with Crippen molar-refractivity contribution in [3.05, 3.63) is 32.3 Å². The van der Waals surface area contributed by atoms with Crippen molar-refractivity contribution in [1.82, 2.24) is 0 Å². The van der Waals surface area contributed by atoms with E-state index in [1.807, 2.05) is 18.2 Å². The van der Waals surface area contributed by atoms with E-state index in [0.717, 1.165) is 0 Å². The molecule has 0 aliphatic carbocycles. The average molecular weight is 260 g/mol. The summed E-state index contributed by atoms with van der Waals surface area (Å²) in [7, 11) is 0. The molecule has 0 amide bonds. The Morgan fingerprint density at radius 3 is 1.40 bits per heavy atom. The monoisotopic (exact) mass is 259 g/mol. The number of hydrogen-bond acceptors (Lipinski definition) is 3. The third kappa shape index (κ3) is 1.59. The molecule has 0 spiro atoms. The lowest BCUT2D eigenvalue weighted by Gasteiger charge is -2.09. The van der Waals surface area contributed by atoms with E-state index >= 15 is 0 Å². The highest BCUT2D eigenvalue weighted by Gasteiger charge is 2.17. The zero-order chi connectivity index (χ0) is 11.6. The fraction of sp³-hybridized carbons (Fsp3) is 0.182. The van der Waals surface area contributed by atoms with Gasteiger partial charge in [0.05, 0.1) is 27.2 Å². The molecule has 0 aromatic heterocycles. The molecule has 3 nitrogen and oxygen atoms in total. The van der Waals surface area contributed by atoms with Crippen LogP contribution in [-0.4, -0.2) is 0 Å². The first-order valence-corrected chi connectivity index (χ1v) is 4.90. The number of nitriles is 3. The van der Waals surface area contributed by atoms with Gasteiger partial charge >= 0.3 is 0 Å². The predicted molar refractivity (Wildman–Crippen MR) is 57.8 cm³/mol. The molecule has 1 aromatic carbocycles. The van der Waals surface area contributed by atoms with Crippen LogP contribution in [0.1, 0.15) is 27.8 Å². The Kier molecular flexibility index (Phi) is 3.10. The molecule has 0 atom stereocenters. The Hall–Kier alpha value is -1.83. The van der Waals surface area contributed by atoms with Crippen LogP contribution in [0.25, 0.3) is 0 Å². The molecule has 0 saturated heterocycles. The van der Waals surface area contributed by atoms with Crippen molar-refractivity contribution in [3.8, 4) is 18.2 Å². The molecule has 1 rings (SSSR count). The van der Waals surface area contributed by atoms with Gasteiger partial charge < -0.3 is 0 Å². The number of halogens is 1. The van der Waals surface area contributed by atoms with Gasteiger partial charge in [-0.1, -0.05) is 0 Å². The maximum atomic E-state index is 8.95. The van der Waals surface area contributed by atoms with Gasteiger partial charge in [-0.2, -0.15) is 15.8 Å². The van der Waals surface area contributed by atoms with Gasteiger partial charge in [0.1, 0.15) is 12.1 Å². The summed E-state index contributed by atoms with van der Waals surface area (Å²) in [6.07, 6.45) is 0. The predicted octanol–water partition coefficient (Wildman–Crippen LogP) is 2.68. The standard InChI is InChI=1S/C11H6BrN3/c1-6-8(3-13)7(2)10(5-15)11(12)9(6)4-14/h1-2H3. The van der Waals surface area contributed by atoms with Crippen LogP contribution in [0.5, 0.6) is 0 Å². The molecule has 0 unspecified atom stereocenters. The molecule has 72 valence electrons. The van der Waals surface area contributed by atoms with Crippen molar-refractivity contribution in [2.24, 2.45) is 0 Å². The molecule has 0 fully saturated rings. The molecule has 1 aromatic rings. The minimum absolute atomic E-state index is 0.355. The Morgan fingerprint density at radius 1 is 0.800 bits per heavy atom. The number of rotatable bonds is 0. The topological polar surface area (TPSA) is 71.4 Å². The fourth-order valence-corrected chi connectivity index (χ4v) is 2.19. The van der Waals surface area contributed by atoms with Crippen molar-refractivity contribution in [2.45, 2.75) is 13.8 Å². The first-order chi connectivity index (χ1) is 7.08. The Bertz CT molecular complexity index is 451. The fourth-order valence-electron chi connectivity index (χ4n) is 1.42. The highest BCUT2D eigenvalue weighted by Crippen LogP contribution is 2.30. The van der Waals surface area contributed by atoms with Gasteiger partial charge in [0.2, 0.25) is 0 Å². The highest BCUT2D eigenvalue weighted by molar-refractivity contribution is 9.10. The second-order valence-electron chi connectivity index (χ2n) is 3.02. The van der Waals surface area contributed by atoms with E-state index in [1.54, 1.807) is 13.8 Å². The van der Waals surface area contributed by atoms with Gasteiger partial charge in [-0.25, -0.2) is 0 Å². The van der Waals surface area contributed by atoms with E-state index in [1.165, 1.54) is 0 Å². The van der Waals surface area contributed by atoms with Gasteiger partial charge in [0.25, 0.3) is 0 Å². The molecule has 0 N–H and O–H groups in total. The van der Waals surface area contributed by atoms with Crippen LogP contribution in [0.2, 0.25) is 0 Å². The summed E-state index contributed by atoms with van der Waals surface area (Å²) in [6.45, 7) is 3.41. The lowest BCUT2D eigenvalue weighted by atomic mass is 9.95. The molecule has 0 heterocycles. The van der Waals surface area contributed by atoms with Crippen molar-refractivity contribution < 1.29 is 0 Å². The second kappa shape index (κ2) is 4.13. The second-order valence-corrected chi connectivity index (χ2v) is 3.82. The summed E-state index contributed by atoms with van der Waals surface area (Å²) >= 11 is 3.21. The number of nitrogens with zero attached hydrogens (tertiary/aromatic N) is 3. The van der Waals surface area contributed by atoms with E-state index in [-0.39, 0.29) is 0 Å². The van der Waals surface area contributed by atoms with Gasteiger partial charge in [0, 0.05) is 0 Å². The van der Waals surface area contributed by atoms with Gasteiger partial charge in [-0.15, -0.1) is 0 Å². The molecule has 4 heteroatoms. The van der Waals surface area contributed by atoms with Crippen LogP contribution in [0.3, 0.4) is 0 Å². The third-order valence-electron chi connectivity index (χ3n) is 2.27. The van der Waals surface area contributed by atoms with Crippen LogP contribution in [0, 0.1) is 47.8 Å². The van der Waals surface area contributed by atoms with E-state index in [4.69, 9.17) is 15.8 Å². The quantitative estimate of drug-likeness (QED) is 0.719. The maximum Gasteiger partial charge on any atom is 0.101 e. The Balaban J connectivity index is 3.88. The van der Waals surface area contributed by atoms with Crippen LogP contribution in [-0.2, 0) is 0 Å². The van der Waals surface area contributed by atoms with Crippen molar-refractivity contribution >= 4 is 15.9 Å². The molecule has 0 aliphatic heterocycles. The van der Waals surface area contributed by atoms with Gasteiger partial charge in [-0.05, 0) is 40.9 Å². The lowest BCUT2D eigenvalue weighted by molar-refractivity contribution is 1.25. The number of hydrogen-bond donors (Lipinski definition) is 0. The summed E-state index contributed by atoms with van der Waals surface area (Å²) in [4.78, 5) is 0. The minimum atomic E-state index is 0.355. The van der Waals surface area contributed by atoms with Crippen molar-refractivity contribution in [1.29, 1.82) is 15.8 Å². The van der Waals surface area contributed by atoms with Crippen LogP contribution >= 0.6 is 15.9 Å². The summed E-state index contributed by atoms with van der Waals surface area (Å²) in [5.41, 5.74) is 2.35. The molecule has 0 radical (unpaired) electrons. The summed E-state index contributed by atoms with van der Waals surface area (Å²) in [5, 5.41) is 26.8. The largest absolute Gasteiger partial charge is 0.192 e. The third-order valence-corrected chi connectivity index (χ3v) is 3.07. The lowest BCUT2D eigenvalue weighted by Crippen LogP contribution is -1.98. The zero-order valence-corrected chi connectivity index (χ0v) is 9.81. The van der Waals surface area contributed by atoms with Crippen LogP contribution in [0.4, 0.5) is 0 Å². The first-order valence-electron chi connectivity index (χ1n) is 4.11. The van der Waals surface area contributed by atoms with E-state index in [0.29, 0.717) is 32.3 Å². The average Bonchev–Trinajstić information content (AvgIpc) is 2.19. The van der Waals surface area contributed by atoms with E-state index < -0.39 is 0 Å². The van der Waals surface area contributed by atoms with E-state index in [2.05, 4.69) is 15.9 Å². The van der Waals surface area contributed by atoms with Gasteiger partial charge in [-0.3, -0.25) is 0 Å². The van der Waals surface area contributed by atoms with Gasteiger partial charge in [0.15, 0.2) is 0 Å². The smallest absolute Gasteiger partial charge is 0.101 e. The summed E-state index contributed by atoms with van der Waals surface area (Å²) in [6, 6.07) is 6.00. The summed E-state index contributed by atoms with van der Waals surface area (Å²) < 4.78 is 0.474. The zero-order valence-electron chi connectivity index (χ0n) is 8.22. The van der Waals surface area contributed by atoms with Crippen LogP contribution in [0.15, 0.2) is 4.47 Å². The summed E-state index contributed by atoms with van der Waals surface area (Å²) in [5.74, 6) is 0. The van der Waals surface area contributed by atoms with Crippen LogP contribution < -0.4 is 0 Å². The first kappa shape index (κ1) is 11.2.